The summed E-state index contributed by atoms with van der Waals surface area (Å²) in [6, 6.07) is 0. The first-order chi connectivity index (χ1) is 5.16. The zero-order valence-electron chi connectivity index (χ0n) is 5.57. The Balaban J connectivity index is 3.29. The third-order valence-electron chi connectivity index (χ3n) is 1.25. The lowest BCUT2D eigenvalue weighted by molar-refractivity contribution is 1.16. The largest absolute Gasteiger partial charge is 0.242 e. The second-order valence-corrected chi connectivity index (χ2v) is 4.17. The van der Waals surface area contributed by atoms with Crippen molar-refractivity contribution >= 4 is 49.2 Å². The minimum Gasteiger partial charge on any atom is -0.242 e. The molecule has 60 valence electrons. The number of hydrogen-bond donors (Lipinski definition) is 0. The van der Waals surface area contributed by atoms with Crippen LogP contribution in [0.1, 0.15) is 5.56 Å². The molecular weight excluding hydrogens is 269 g/mol. The number of halogens is 3. The summed E-state index contributed by atoms with van der Waals surface area (Å²) in [5.41, 5.74) is 1.02. The maximum Gasteiger partial charge on any atom is 0.144 e. The summed E-state index contributed by atoms with van der Waals surface area (Å²) in [4.78, 5) is 4.73. The second-order valence-electron chi connectivity index (χ2n) is 1.93. The van der Waals surface area contributed by atoms with Crippen LogP contribution >= 0.6 is 49.2 Å². The summed E-state index contributed by atoms with van der Waals surface area (Å²) in [5, 5.41) is 0.450. The van der Waals surface area contributed by atoms with Crippen molar-refractivity contribution in [3.63, 3.8) is 0 Å². The fourth-order valence-corrected chi connectivity index (χ4v) is 2.39. The summed E-state index contributed by atoms with van der Waals surface area (Å²) >= 11 is 9.09. The van der Waals surface area contributed by atoms with Crippen molar-refractivity contribution in [3.05, 3.63) is 21.4 Å². The van der Waals surface area contributed by atoms with Crippen LogP contribution in [0.4, 0.5) is 0 Å². The highest BCUT2D eigenvalue weighted by Gasteiger charge is 2.07. The van der Waals surface area contributed by atoms with Gasteiger partial charge in [-0.1, -0.05) is 11.6 Å². The first kappa shape index (κ1) is 9.65. The monoisotopic (exact) mass is 271 g/mol. The maximum atomic E-state index is 5.76. The molecule has 0 bridgehead atoms. The molecule has 1 aromatic heterocycles. The van der Waals surface area contributed by atoms with Gasteiger partial charge < -0.3 is 0 Å². The van der Waals surface area contributed by atoms with Crippen molar-refractivity contribution in [1.82, 2.24) is 4.98 Å². The van der Waals surface area contributed by atoms with Crippen LogP contribution in [0.15, 0.2) is 15.6 Å². The minimum absolute atomic E-state index is 0.450. The van der Waals surface area contributed by atoms with Gasteiger partial charge in [-0.05, 0) is 50.1 Å². The molecule has 0 radical (unpaired) electrons. The van der Waals surface area contributed by atoms with Crippen molar-refractivity contribution in [2.24, 2.45) is 0 Å². The van der Waals surface area contributed by atoms with Gasteiger partial charge in [-0.2, -0.15) is 0 Å². The summed E-state index contributed by atoms with van der Waals surface area (Å²) in [6.07, 6.45) is 1.66. The van der Waals surface area contributed by atoms with E-state index in [1.807, 2.05) is 6.92 Å². The van der Waals surface area contributed by atoms with Gasteiger partial charge in [0.2, 0.25) is 0 Å². The normalized spacial score (nSPS) is 10.2. The van der Waals surface area contributed by atoms with Crippen LogP contribution < -0.4 is 0 Å². The van der Waals surface area contributed by atoms with E-state index in [0.717, 1.165) is 25.9 Å². The Morgan fingerprint density at radius 1 is 1.64 bits per heavy atom. The van der Waals surface area contributed by atoms with E-state index in [2.05, 4.69) is 20.9 Å². The molecule has 0 atom stereocenters. The Labute approximate surface area is 87.1 Å². The highest BCUT2D eigenvalue weighted by atomic mass is 79.9. The Morgan fingerprint density at radius 3 is 2.73 bits per heavy atom. The van der Waals surface area contributed by atoms with E-state index in [0.29, 0.717) is 5.15 Å². The number of nitrogens with zero attached hydrogens (tertiary/aromatic N) is 1. The minimum atomic E-state index is 0.450. The third-order valence-corrected chi connectivity index (χ3v) is 3.57. The number of hydrogen-bond acceptors (Lipinski definition) is 2. The summed E-state index contributed by atoms with van der Waals surface area (Å²) < 4.78 is 0.921. The molecule has 0 aliphatic heterocycles. The van der Waals surface area contributed by atoms with E-state index in [1.165, 1.54) is 0 Å². The lowest BCUT2D eigenvalue weighted by Crippen LogP contribution is -1.84. The number of pyridine rings is 1. The van der Waals surface area contributed by atoms with Crippen molar-refractivity contribution in [2.45, 2.75) is 11.8 Å². The average Bonchev–Trinajstić information content (AvgIpc) is 1.99. The van der Waals surface area contributed by atoms with E-state index in [-0.39, 0.29) is 0 Å². The summed E-state index contributed by atoms with van der Waals surface area (Å²) in [7, 11) is 6.66. The molecule has 0 amide bonds. The van der Waals surface area contributed by atoms with Crippen LogP contribution in [0, 0.1) is 6.92 Å². The van der Waals surface area contributed by atoms with Crippen molar-refractivity contribution < 1.29 is 0 Å². The SMILES string of the molecule is Cc1c(Br)cnc(Cl)c1SCl. The van der Waals surface area contributed by atoms with Gasteiger partial charge in [0.05, 0.1) is 4.90 Å². The fraction of sp³-hybridized carbons (Fsp3) is 0.167. The molecule has 1 aromatic rings. The molecule has 0 aliphatic carbocycles. The first-order valence-corrected chi connectivity index (χ1v) is 5.57. The average molecular weight is 273 g/mol. The highest BCUT2D eigenvalue weighted by Crippen LogP contribution is 2.34. The van der Waals surface area contributed by atoms with Crippen molar-refractivity contribution in [2.75, 3.05) is 0 Å². The Hall–Kier alpha value is 0.560. The van der Waals surface area contributed by atoms with Crippen LogP contribution in [0.25, 0.3) is 0 Å². The number of aromatic nitrogens is 1. The van der Waals surface area contributed by atoms with Crippen molar-refractivity contribution in [3.8, 4) is 0 Å². The second kappa shape index (κ2) is 3.99. The standard InChI is InChI=1S/C6H4BrCl2NS/c1-3-4(7)2-10-6(8)5(3)11-9/h2H,1H3. The van der Waals surface area contributed by atoms with Gasteiger partial charge in [-0.3, -0.25) is 0 Å². The molecule has 5 heteroatoms. The predicted octanol–water partition coefficient (Wildman–Crippen LogP) is 4.05. The molecular formula is C6H4BrCl2NS. The molecule has 0 spiro atoms. The molecule has 0 saturated heterocycles. The van der Waals surface area contributed by atoms with Crippen LogP contribution in [0.2, 0.25) is 5.15 Å². The Bertz CT molecular complexity index is 280. The first-order valence-electron chi connectivity index (χ1n) is 2.76. The van der Waals surface area contributed by atoms with Crippen LogP contribution in [-0.2, 0) is 0 Å². The van der Waals surface area contributed by atoms with Crippen LogP contribution in [0.5, 0.6) is 0 Å². The summed E-state index contributed by atoms with van der Waals surface area (Å²) in [5.74, 6) is 0. The van der Waals surface area contributed by atoms with Gasteiger partial charge in [0.1, 0.15) is 5.15 Å². The molecule has 1 heterocycles. The molecule has 1 rings (SSSR count). The van der Waals surface area contributed by atoms with Gasteiger partial charge in [-0.25, -0.2) is 4.98 Å². The zero-order valence-corrected chi connectivity index (χ0v) is 9.48. The quantitative estimate of drug-likeness (QED) is 0.716. The van der Waals surface area contributed by atoms with E-state index in [4.69, 9.17) is 22.3 Å². The molecule has 0 aliphatic rings. The van der Waals surface area contributed by atoms with Crippen LogP contribution in [-0.4, -0.2) is 4.98 Å². The van der Waals surface area contributed by atoms with Gasteiger partial charge >= 0.3 is 0 Å². The topological polar surface area (TPSA) is 12.9 Å². The molecule has 0 N–H and O–H groups in total. The Kier molecular flexibility index (Phi) is 3.50. The van der Waals surface area contributed by atoms with Gasteiger partial charge in [0, 0.05) is 10.7 Å². The molecule has 0 saturated carbocycles. The van der Waals surface area contributed by atoms with Crippen molar-refractivity contribution in [1.29, 1.82) is 0 Å². The lowest BCUT2D eigenvalue weighted by atomic mass is 10.3. The molecule has 11 heavy (non-hydrogen) atoms. The van der Waals surface area contributed by atoms with E-state index < -0.39 is 0 Å². The van der Waals surface area contributed by atoms with E-state index in [1.54, 1.807) is 6.20 Å². The predicted molar refractivity (Wildman–Crippen MR) is 53.4 cm³/mol. The molecule has 0 unspecified atom stereocenters. The van der Waals surface area contributed by atoms with Crippen LogP contribution in [0.3, 0.4) is 0 Å². The van der Waals surface area contributed by atoms with Gasteiger partial charge in [-0.15, -0.1) is 0 Å². The number of rotatable bonds is 1. The summed E-state index contributed by atoms with van der Waals surface area (Å²) in [6.45, 7) is 1.93. The van der Waals surface area contributed by atoms with Gasteiger partial charge in [0.15, 0.2) is 0 Å². The Morgan fingerprint density at radius 2 is 2.27 bits per heavy atom. The third kappa shape index (κ3) is 2.02. The van der Waals surface area contributed by atoms with Gasteiger partial charge in [0.25, 0.3) is 0 Å². The fourth-order valence-electron chi connectivity index (χ4n) is 0.622. The van der Waals surface area contributed by atoms with E-state index >= 15 is 0 Å². The maximum absolute atomic E-state index is 5.76. The molecule has 1 nitrogen and oxygen atoms in total. The lowest BCUT2D eigenvalue weighted by Gasteiger charge is -2.03. The smallest absolute Gasteiger partial charge is 0.144 e. The highest BCUT2D eigenvalue weighted by molar-refractivity contribution is 9.10. The zero-order chi connectivity index (χ0) is 8.43. The van der Waals surface area contributed by atoms with E-state index in [9.17, 15) is 0 Å². The molecule has 0 aromatic carbocycles. The molecule has 0 fully saturated rings.